The summed E-state index contributed by atoms with van der Waals surface area (Å²) in [7, 11) is 1.66. The second-order valence-electron chi connectivity index (χ2n) is 6.18. The molecule has 0 saturated heterocycles. The van der Waals surface area contributed by atoms with E-state index in [0.29, 0.717) is 22.2 Å². The fourth-order valence-electron chi connectivity index (χ4n) is 3.23. The molecule has 1 aromatic carbocycles. The van der Waals surface area contributed by atoms with Gasteiger partial charge in [0.2, 0.25) is 5.76 Å². The molecule has 0 aliphatic carbocycles. The van der Waals surface area contributed by atoms with E-state index in [1.54, 1.807) is 19.3 Å². The number of hydrogen-bond acceptors (Lipinski definition) is 4. The first-order valence-electron chi connectivity index (χ1n) is 7.75. The number of hydrogen-bond donors (Lipinski definition) is 0. The van der Waals surface area contributed by atoms with E-state index in [2.05, 4.69) is 4.98 Å². The van der Waals surface area contributed by atoms with Crippen molar-refractivity contribution in [3.63, 3.8) is 0 Å². The number of rotatable bonds is 1. The average Bonchev–Trinajstić information content (AvgIpc) is 2.83. The van der Waals surface area contributed by atoms with Gasteiger partial charge in [0.15, 0.2) is 5.43 Å². The minimum Gasteiger partial charge on any atom is -0.450 e. The number of fused-ring (bicyclic) bond motifs is 2. The second kappa shape index (κ2) is 5.03. The molecule has 1 amide bonds. The molecule has 5 heteroatoms. The zero-order valence-electron chi connectivity index (χ0n) is 13.7. The maximum absolute atomic E-state index is 13.1. The quantitative estimate of drug-likeness (QED) is 0.691. The van der Waals surface area contributed by atoms with Crippen LogP contribution in [0, 0.1) is 13.8 Å². The van der Waals surface area contributed by atoms with Crippen LogP contribution in [0.4, 0.5) is 0 Å². The van der Waals surface area contributed by atoms with Gasteiger partial charge in [-0.1, -0.05) is 6.07 Å². The smallest absolute Gasteiger partial charge is 0.290 e. The van der Waals surface area contributed by atoms with Crippen molar-refractivity contribution in [1.29, 1.82) is 0 Å². The molecule has 0 spiro atoms. The molecule has 3 aromatic rings. The Kier molecular flexibility index (Phi) is 3.06. The number of amides is 1. The number of benzene rings is 1. The van der Waals surface area contributed by atoms with E-state index in [1.807, 2.05) is 38.1 Å². The first-order chi connectivity index (χ1) is 11.5. The topological polar surface area (TPSA) is 63.4 Å². The van der Waals surface area contributed by atoms with Crippen LogP contribution >= 0.6 is 0 Å². The molecule has 2 aromatic heterocycles. The first-order valence-corrected chi connectivity index (χ1v) is 7.75. The zero-order valence-corrected chi connectivity index (χ0v) is 13.7. The van der Waals surface area contributed by atoms with Crippen molar-refractivity contribution in [3.05, 3.63) is 74.9 Å². The Morgan fingerprint density at radius 2 is 1.88 bits per heavy atom. The van der Waals surface area contributed by atoms with E-state index >= 15 is 0 Å². The van der Waals surface area contributed by atoms with Gasteiger partial charge in [0, 0.05) is 13.2 Å². The standard InChI is InChI=1S/C19H16N2O3/c1-10-8-12-14(9-11(10)2)24-18-15(17(12)22)16(21(3)19(18)23)13-6-4-5-7-20-13/h4-9,16H,1-3H3. The summed E-state index contributed by atoms with van der Waals surface area (Å²) in [5.74, 6) is -0.174. The van der Waals surface area contributed by atoms with E-state index < -0.39 is 6.04 Å². The Morgan fingerprint density at radius 3 is 2.58 bits per heavy atom. The summed E-state index contributed by atoms with van der Waals surface area (Å²) in [6.45, 7) is 3.90. The van der Waals surface area contributed by atoms with Crippen LogP contribution in [0.15, 0.2) is 45.7 Å². The molecule has 0 bridgehead atoms. The molecule has 0 N–H and O–H groups in total. The largest absolute Gasteiger partial charge is 0.450 e. The van der Waals surface area contributed by atoms with Crippen molar-refractivity contribution < 1.29 is 9.21 Å². The van der Waals surface area contributed by atoms with Crippen LogP contribution in [0.5, 0.6) is 0 Å². The zero-order chi connectivity index (χ0) is 17.0. The van der Waals surface area contributed by atoms with E-state index in [-0.39, 0.29) is 17.1 Å². The monoisotopic (exact) mass is 320 g/mol. The molecule has 24 heavy (non-hydrogen) atoms. The molecular formula is C19H16N2O3. The Hall–Kier alpha value is -2.95. The average molecular weight is 320 g/mol. The van der Waals surface area contributed by atoms with Gasteiger partial charge in [0.05, 0.1) is 16.6 Å². The summed E-state index contributed by atoms with van der Waals surface area (Å²) in [6, 6.07) is 8.58. The number of aryl methyl sites for hydroxylation is 2. The van der Waals surface area contributed by atoms with Gasteiger partial charge in [0.25, 0.3) is 5.91 Å². The van der Waals surface area contributed by atoms with Gasteiger partial charge in [-0.25, -0.2) is 0 Å². The predicted molar refractivity (Wildman–Crippen MR) is 90.1 cm³/mol. The lowest BCUT2D eigenvalue weighted by atomic mass is 10.0. The Bertz CT molecular complexity index is 1040. The van der Waals surface area contributed by atoms with Crippen molar-refractivity contribution in [2.45, 2.75) is 19.9 Å². The van der Waals surface area contributed by atoms with Gasteiger partial charge in [-0.3, -0.25) is 14.6 Å². The van der Waals surface area contributed by atoms with Gasteiger partial charge < -0.3 is 9.32 Å². The summed E-state index contributed by atoms with van der Waals surface area (Å²) in [4.78, 5) is 31.5. The summed E-state index contributed by atoms with van der Waals surface area (Å²) in [6.07, 6.45) is 1.65. The van der Waals surface area contributed by atoms with Crippen molar-refractivity contribution >= 4 is 16.9 Å². The molecule has 3 heterocycles. The summed E-state index contributed by atoms with van der Waals surface area (Å²) in [5.41, 5.74) is 3.35. The van der Waals surface area contributed by atoms with Crippen LogP contribution in [0.1, 0.15) is 39.0 Å². The normalized spacial score (nSPS) is 16.7. The molecule has 1 aliphatic heterocycles. The minimum atomic E-state index is -0.518. The second-order valence-corrected chi connectivity index (χ2v) is 6.18. The highest BCUT2D eigenvalue weighted by atomic mass is 16.3. The SMILES string of the molecule is Cc1cc2oc3c(c(=O)c2cc1C)C(c1ccccn1)N(C)C3=O. The first kappa shape index (κ1) is 14.6. The van der Waals surface area contributed by atoms with Crippen molar-refractivity contribution in [1.82, 2.24) is 9.88 Å². The highest BCUT2D eigenvalue weighted by Crippen LogP contribution is 2.36. The molecule has 0 saturated carbocycles. The molecule has 0 radical (unpaired) electrons. The van der Waals surface area contributed by atoms with Gasteiger partial charge in [-0.2, -0.15) is 0 Å². The third kappa shape index (κ3) is 1.91. The molecule has 120 valence electrons. The Labute approximate surface area is 138 Å². The van der Waals surface area contributed by atoms with Crippen LogP contribution in [0.2, 0.25) is 0 Å². The highest BCUT2D eigenvalue weighted by Gasteiger charge is 2.41. The molecule has 1 unspecified atom stereocenters. The van der Waals surface area contributed by atoms with E-state index in [1.165, 1.54) is 4.90 Å². The molecule has 4 rings (SSSR count). The lowest BCUT2D eigenvalue weighted by Gasteiger charge is -2.18. The van der Waals surface area contributed by atoms with Gasteiger partial charge in [-0.15, -0.1) is 0 Å². The lowest BCUT2D eigenvalue weighted by molar-refractivity contribution is 0.0769. The van der Waals surface area contributed by atoms with Gasteiger partial charge in [0.1, 0.15) is 11.6 Å². The van der Waals surface area contributed by atoms with Gasteiger partial charge >= 0.3 is 0 Å². The van der Waals surface area contributed by atoms with Gasteiger partial charge in [-0.05, 0) is 49.2 Å². The number of carbonyl (C=O) groups is 1. The Balaban J connectivity index is 2.07. The number of aromatic nitrogens is 1. The number of nitrogens with zero attached hydrogens (tertiary/aromatic N) is 2. The number of carbonyl (C=O) groups excluding carboxylic acids is 1. The molecule has 5 nitrogen and oxygen atoms in total. The molecule has 0 fully saturated rings. The van der Waals surface area contributed by atoms with Crippen molar-refractivity contribution in [3.8, 4) is 0 Å². The van der Waals surface area contributed by atoms with Crippen LogP contribution in [-0.4, -0.2) is 22.8 Å². The highest BCUT2D eigenvalue weighted by molar-refractivity contribution is 5.98. The maximum atomic E-state index is 13.1. The fourth-order valence-corrected chi connectivity index (χ4v) is 3.23. The Morgan fingerprint density at radius 1 is 1.12 bits per heavy atom. The van der Waals surface area contributed by atoms with Crippen LogP contribution in [0.3, 0.4) is 0 Å². The maximum Gasteiger partial charge on any atom is 0.290 e. The molecular weight excluding hydrogens is 304 g/mol. The number of pyridine rings is 1. The van der Waals surface area contributed by atoms with E-state index in [0.717, 1.165) is 11.1 Å². The van der Waals surface area contributed by atoms with Crippen LogP contribution in [0.25, 0.3) is 11.0 Å². The van der Waals surface area contributed by atoms with E-state index in [9.17, 15) is 9.59 Å². The lowest BCUT2D eigenvalue weighted by Crippen LogP contribution is -2.25. The van der Waals surface area contributed by atoms with E-state index in [4.69, 9.17) is 4.42 Å². The summed E-state index contributed by atoms with van der Waals surface area (Å²) < 4.78 is 5.84. The predicted octanol–water partition coefficient (Wildman–Crippen LogP) is 2.98. The fraction of sp³-hybridized carbons (Fsp3) is 0.211. The summed E-state index contributed by atoms with van der Waals surface area (Å²) in [5, 5.41) is 0.501. The third-order valence-corrected chi connectivity index (χ3v) is 4.69. The third-order valence-electron chi connectivity index (χ3n) is 4.69. The molecule has 1 atom stereocenters. The van der Waals surface area contributed by atoms with Crippen molar-refractivity contribution in [2.24, 2.45) is 0 Å². The molecule has 1 aliphatic rings. The summed E-state index contributed by atoms with van der Waals surface area (Å²) >= 11 is 0. The van der Waals surface area contributed by atoms with Crippen LogP contribution < -0.4 is 5.43 Å². The van der Waals surface area contributed by atoms with Crippen molar-refractivity contribution in [2.75, 3.05) is 7.05 Å². The van der Waals surface area contributed by atoms with Crippen LogP contribution in [-0.2, 0) is 0 Å². The minimum absolute atomic E-state index is 0.119.